The van der Waals surface area contributed by atoms with E-state index in [1.807, 2.05) is 0 Å². The van der Waals surface area contributed by atoms with E-state index in [0.717, 1.165) is 5.92 Å². The number of hydrogen-bond acceptors (Lipinski definition) is 1. The fourth-order valence-electron chi connectivity index (χ4n) is 2.35. The van der Waals surface area contributed by atoms with Crippen LogP contribution < -0.4 is 5.73 Å². The highest BCUT2D eigenvalue weighted by molar-refractivity contribution is 4.78. The van der Waals surface area contributed by atoms with Gasteiger partial charge in [0.05, 0.1) is 0 Å². The van der Waals surface area contributed by atoms with E-state index in [4.69, 9.17) is 5.73 Å². The Bertz CT molecular complexity index is 142. The van der Waals surface area contributed by atoms with Gasteiger partial charge in [-0.05, 0) is 30.6 Å². The van der Waals surface area contributed by atoms with Crippen LogP contribution in [-0.4, -0.2) is 6.04 Å². The van der Waals surface area contributed by atoms with E-state index in [2.05, 4.69) is 34.6 Å². The third-order valence-electron chi connectivity index (χ3n) is 3.24. The Kier molecular flexibility index (Phi) is 6.43. The lowest BCUT2D eigenvalue weighted by atomic mass is 9.76. The highest BCUT2D eigenvalue weighted by Crippen LogP contribution is 2.33. The predicted octanol–water partition coefficient (Wildman–Crippen LogP) is 3.97. The molecule has 0 aliphatic rings. The first kappa shape index (κ1) is 14.0. The van der Waals surface area contributed by atoms with Crippen LogP contribution in [0.15, 0.2) is 0 Å². The zero-order valence-electron chi connectivity index (χ0n) is 10.8. The van der Waals surface area contributed by atoms with Crippen LogP contribution in [0.1, 0.15) is 66.7 Å². The van der Waals surface area contributed by atoms with Crippen molar-refractivity contribution in [1.82, 2.24) is 0 Å². The summed E-state index contributed by atoms with van der Waals surface area (Å²) in [7, 11) is 0. The summed E-state index contributed by atoms with van der Waals surface area (Å²) >= 11 is 0. The van der Waals surface area contributed by atoms with Crippen LogP contribution >= 0.6 is 0 Å². The maximum Gasteiger partial charge on any atom is 0.00464 e. The molecule has 0 saturated heterocycles. The lowest BCUT2D eigenvalue weighted by Crippen LogP contribution is -2.30. The Morgan fingerprint density at radius 1 is 1.21 bits per heavy atom. The molecule has 0 rings (SSSR count). The predicted molar refractivity (Wildman–Crippen MR) is 65.4 cm³/mol. The Labute approximate surface area is 90.5 Å². The average Bonchev–Trinajstić information content (AvgIpc) is 2.02. The zero-order valence-corrected chi connectivity index (χ0v) is 10.8. The zero-order chi connectivity index (χ0) is 11.2. The van der Waals surface area contributed by atoms with Crippen molar-refractivity contribution in [2.24, 2.45) is 17.1 Å². The molecule has 2 unspecified atom stereocenters. The summed E-state index contributed by atoms with van der Waals surface area (Å²) in [4.78, 5) is 0. The molecular formula is C13H29N. The largest absolute Gasteiger partial charge is 0.328 e. The van der Waals surface area contributed by atoms with E-state index < -0.39 is 0 Å². The molecule has 0 radical (unpaired) electrons. The maximum absolute atomic E-state index is 6.17. The molecule has 86 valence electrons. The molecule has 0 saturated carbocycles. The highest BCUT2D eigenvalue weighted by atomic mass is 14.6. The Balaban J connectivity index is 4.02. The molecule has 0 spiro atoms. The summed E-state index contributed by atoms with van der Waals surface area (Å²) in [5.74, 6) is 0.729. The van der Waals surface area contributed by atoms with Crippen molar-refractivity contribution in [1.29, 1.82) is 0 Å². The van der Waals surface area contributed by atoms with Gasteiger partial charge in [0.1, 0.15) is 0 Å². The third-order valence-corrected chi connectivity index (χ3v) is 3.24. The topological polar surface area (TPSA) is 26.0 Å². The van der Waals surface area contributed by atoms with E-state index in [9.17, 15) is 0 Å². The second-order valence-electron chi connectivity index (χ2n) is 5.51. The summed E-state index contributed by atoms with van der Waals surface area (Å²) in [6.45, 7) is 11.4. The van der Waals surface area contributed by atoms with Crippen molar-refractivity contribution >= 4 is 0 Å². The number of rotatable bonds is 7. The molecule has 0 aromatic carbocycles. The molecule has 1 heteroatoms. The van der Waals surface area contributed by atoms with Gasteiger partial charge in [0.2, 0.25) is 0 Å². The van der Waals surface area contributed by atoms with Crippen LogP contribution in [0.5, 0.6) is 0 Å². The van der Waals surface area contributed by atoms with Crippen LogP contribution in [0.2, 0.25) is 0 Å². The first-order valence-corrected chi connectivity index (χ1v) is 6.19. The minimum Gasteiger partial charge on any atom is -0.328 e. The van der Waals surface area contributed by atoms with Gasteiger partial charge in [-0.3, -0.25) is 0 Å². The van der Waals surface area contributed by atoms with Crippen LogP contribution in [0.25, 0.3) is 0 Å². The minimum absolute atomic E-state index is 0.395. The van der Waals surface area contributed by atoms with E-state index in [1.165, 1.54) is 32.1 Å². The summed E-state index contributed by atoms with van der Waals surface area (Å²) < 4.78 is 0. The molecule has 0 fully saturated rings. The summed E-state index contributed by atoms with van der Waals surface area (Å²) in [6, 6.07) is 0.395. The van der Waals surface area contributed by atoms with Gasteiger partial charge >= 0.3 is 0 Å². The molecule has 0 aliphatic carbocycles. The molecule has 14 heavy (non-hydrogen) atoms. The van der Waals surface area contributed by atoms with Gasteiger partial charge in [-0.2, -0.15) is 0 Å². The van der Waals surface area contributed by atoms with Crippen molar-refractivity contribution in [2.75, 3.05) is 0 Å². The molecule has 0 bridgehead atoms. The number of nitrogens with two attached hydrogens (primary N) is 1. The van der Waals surface area contributed by atoms with Crippen molar-refractivity contribution in [3.05, 3.63) is 0 Å². The van der Waals surface area contributed by atoms with Crippen molar-refractivity contribution in [2.45, 2.75) is 72.8 Å². The SMILES string of the molecule is CCCC(C)(CC)CC(N)CC(C)C. The van der Waals surface area contributed by atoms with Gasteiger partial charge in [0.25, 0.3) is 0 Å². The average molecular weight is 199 g/mol. The molecule has 1 nitrogen and oxygen atoms in total. The summed E-state index contributed by atoms with van der Waals surface area (Å²) in [5, 5.41) is 0. The van der Waals surface area contributed by atoms with Gasteiger partial charge < -0.3 is 5.73 Å². The van der Waals surface area contributed by atoms with E-state index in [-0.39, 0.29) is 0 Å². The minimum atomic E-state index is 0.395. The highest BCUT2D eigenvalue weighted by Gasteiger charge is 2.24. The Hall–Kier alpha value is -0.0400. The fraction of sp³-hybridized carbons (Fsp3) is 1.00. The van der Waals surface area contributed by atoms with Gasteiger partial charge in [0, 0.05) is 6.04 Å². The third kappa shape index (κ3) is 5.64. The standard InChI is InChI=1S/C13H29N/c1-6-8-13(5,7-2)10-12(14)9-11(3)4/h11-12H,6-10,14H2,1-5H3. The lowest BCUT2D eigenvalue weighted by Gasteiger charge is -2.31. The quantitative estimate of drug-likeness (QED) is 0.659. The molecule has 2 N–H and O–H groups in total. The molecule has 0 aliphatic heterocycles. The van der Waals surface area contributed by atoms with E-state index in [1.54, 1.807) is 0 Å². The maximum atomic E-state index is 6.17. The fourth-order valence-corrected chi connectivity index (χ4v) is 2.35. The molecular weight excluding hydrogens is 170 g/mol. The van der Waals surface area contributed by atoms with Gasteiger partial charge in [-0.15, -0.1) is 0 Å². The summed E-state index contributed by atoms with van der Waals surface area (Å²) in [6.07, 6.45) is 6.20. The van der Waals surface area contributed by atoms with Gasteiger partial charge in [0.15, 0.2) is 0 Å². The second kappa shape index (κ2) is 6.44. The van der Waals surface area contributed by atoms with Crippen molar-refractivity contribution < 1.29 is 0 Å². The molecule has 0 aromatic rings. The first-order valence-electron chi connectivity index (χ1n) is 6.19. The van der Waals surface area contributed by atoms with Gasteiger partial charge in [-0.1, -0.05) is 47.5 Å². The second-order valence-corrected chi connectivity index (χ2v) is 5.51. The van der Waals surface area contributed by atoms with Crippen LogP contribution in [-0.2, 0) is 0 Å². The smallest absolute Gasteiger partial charge is 0.00464 e. The van der Waals surface area contributed by atoms with Crippen LogP contribution in [0, 0.1) is 11.3 Å². The van der Waals surface area contributed by atoms with Crippen molar-refractivity contribution in [3.63, 3.8) is 0 Å². The monoisotopic (exact) mass is 199 g/mol. The van der Waals surface area contributed by atoms with Crippen molar-refractivity contribution in [3.8, 4) is 0 Å². The molecule has 0 amide bonds. The normalized spacial score (nSPS) is 18.2. The van der Waals surface area contributed by atoms with Gasteiger partial charge in [-0.25, -0.2) is 0 Å². The lowest BCUT2D eigenvalue weighted by molar-refractivity contribution is 0.227. The molecule has 2 atom stereocenters. The van der Waals surface area contributed by atoms with E-state index in [0.29, 0.717) is 11.5 Å². The molecule has 0 aromatic heterocycles. The number of hydrogen-bond donors (Lipinski definition) is 1. The van der Waals surface area contributed by atoms with Crippen LogP contribution in [0.3, 0.4) is 0 Å². The first-order chi connectivity index (χ1) is 6.43. The summed E-state index contributed by atoms with van der Waals surface area (Å²) in [5.41, 5.74) is 6.64. The molecule has 0 heterocycles. The van der Waals surface area contributed by atoms with Crippen LogP contribution in [0.4, 0.5) is 0 Å². The van der Waals surface area contributed by atoms with E-state index >= 15 is 0 Å². The Morgan fingerprint density at radius 2 is 1.79 bits per heavy atom. The Morgan fingerprint density at radius 3 is 2.14 bits per heavy atom.